The Hall–Kier alpha value is -3.05. The third kappa shape index (κ3) is 5.72. The third-order valence-electron chi connectivity index (χ3n) is 3.72. The van der Waals surface area contributed by atoms with E-state index in [1.54, 1.807) is 35.7 Å². The Labute approximate surface area is 172 Å². The van der Waals surface area contributed by atoms with Gasteiger partial charge in [0.25, 0.3) is 0 Å². The molecule has 11 heteroatoms. The molecular weight excluding hydrogens is 422 g/mol. The van der Waals surface area contributed by atoms with E-state index in [2.05, 4.69) is 20.4 Å². The van der Waals surface area contributed by atoms with Crippen LogP contribution in [0.1, 0.15) is 17.3 Å². The minimum absolute atomic E-state index is 0.00547. The number of alkyl halides is 2. The number of thiazole rings is 1. The maximum absolute atomic E-state index is 12.6. The van der Waals surface area contributed by atoms with E-state index in [-0.39, 0.29) is 18.1 Å². The summed E-state index contributed by atoms with van der Waals surface area (Å²) in [5.74, 6) is -0.385. The molecule has 2 aromatic heterocycles. The summed E-state index contributed by atoms with van der Waals surface area (Å²) in [5.41, 5.74) is 5.97. The van der Waals surface area contributed by atoms with Crippen LogP contribution in [-0.4, -0.2) is 23.5 Å². The van der Waals surface area contributed by atoms with Crippen molar-refractivity contribution in [2.45, 2.75) is 19.1 Å². The molecule has 0 saturated heterocycles. The number of primary amides is 1. The molecule has 1 unspecified atom stereocenters. The van der Waals surface area contributed by atoms with E-state index in [1.807, 2.05) is 5.38 Å². The summed E-state index contributed by atoms with van der Waals surface area (Å²) >= 11 is 2.53. The lowest BCUT2D eigenvalue weighted by molar-refractivity contribution is -0.116. The number of ether oxygens (including phenoxy) is 1. The van der Waals surface area contributed by atoms with Crippen LogP contribution in [-0.2, 0) is 4.79 Å². The van der Waals surface area contributed by atoms with Gasteiger partial charge in [0.2, 0.25) is 5.91 Å². The zero-order valence-corrected chi connectivity index (χ0v) is 16.4. The van der Waals surface area contributed by atoms with Crippen LogP contribution in [0.4, 0.5) is 18.7 Å². The first-order valence-corrected chi connectivity index (χ1v) is 10.1. The summed E-state index contributed by atoms with van der Waals surface area (Å²) in [7, 11) is 0. The second kappa shape index (κ2) is 9.43. The van der Waals surface area contributed by atoms with Gasteiger partial charge in [0.05, 0.1) is 18.2 Å². The van der Waals surface area contributed by atoms with E-state index in [9.17, 15) is 18.4 Å². The number of aromatic nitrogens is 1. The summed E-state index contributed by atoms with van der Waals surface area (Å²) in [5, 5.41) is 8.94. The van der Waals surface area contributed by atoms with Crippen LogP contribution in [0.5, 0.6) is 5.75 Å². The molecule has 3 aromatic rings. The fraction of sp³-hybridized carbons (Fsp3) is 0.167. The van der Waals surface area contributed by atoms with Crippen molar-refractivity contribution in [1.82, 2.24) is 10.3 Å². The number of carbonyl (C=O) groups is 2. The number of benzene rings is 1. The van der Waals surface area contributed by atoms with Gasteiger partial charge in [0, 0.05) is 15.8 Å². The topological polar surface area (TPSA) is 106 Å². The Bertz CT molecular complexity index is 979. The maximum atomic E-state index is 12.6. The van der Waals surface area contributed by atoms with Crippen molar-refractivity contribution in [3.63, 3.8) is 0 Å². The van der Waals surface area contributed by atoms with E-state index >= 15 is 0 Å². The first kappa shape index (κ1) is 20.7. The average molecular weight is 438 g/mol. The molecule has 0 bridgehead atoms. The van der Waals surface area contributed by atoms with E-state index in [4.69, 9.17) is 5.73 Å². The standard InChI is InChI=1S/C18H16F2N4O3S2/c19-16(20)27-13-5-2-1-4-10(13)12-9-29-18(23-12)24-15(25)8-11(22-17(21)26)14-6-3-7-28-14/h1-7,9,11,16H,8H2,(H3,21,22,26)(H,23,24,25). The molecule has 0 aliphatic carbocycles. The van der Waals surface area contributed by atoms with Gasteiger partial charge < -0.3 is 21.1 Å². The molecule has 2 heterocycles. The van der Waals surface area contributed by atoms with Gasteiger partial charge in [-0.05, 0) is 23.6 Å². The van der Waals surface area contributed by atoms with Gasteiger partial charge in [-0.25, -0.2) is 9.78 Å². The number of nitrogens with zero attached hydrogens (tertiary/aromatic N) is 1. The fourth-order valence-corrected chi connectivity index (χ4v) is 4.08. The van der Waals surface area contributed by atoms with Gasteiger partial charge >= 0.3 is 12.6 Å². The first-order chi connectivity index (χ1) is 13.9. The lowest BCUT2D eigenvalue weighted by atomic mass is 10.1. The number of halogens is 2. The highest BCUT2D eigenvalue weighted by Crippen LogP contribution is 2.33. The smallest absolute Gasteiger partial charge is 0.387 e. The average Bonchev–Trinajstić information content (AvgIpc) is 3.32. The largest absolute Gasteiger partial charge is 0.434 e. The minimum Gasteiger partial charge on any atom is -0.434 e. The van der Waals surface area contributed by atoms with E-state index in [0.717, 1.165) is 16.2 Å². The quantitative estimate of drug-likeness (QED) is 0.490. The van der Waals surface area contributed by atoms with Crippen molar-refractivity contribution >= 4 is 39.7 Å². The Morgan fingerprint density at radius 1 is 1.17 bits per heavy atom. The second-order valence-corrected chi connectivity index (χ2v) is 7.58. The van der Waals surface area contributed by atoms with Gasteiger partial charge in [-0.15, -0.1) is 22.7 Å². The molecule has 0 aliphatic rings. The highest BCUT2D eigenvalue weighted by atomic mass is 32.1. The number of hydrogen-bond acceptors (Lipinski definition) is 6. The van der Waals surface area contributed by atoms with Crippen molar-refractivity contribution in [2.24, 2.45) is 5.73 Å². The minimum atomic E-state index is -2.96. The fourth-order valence-electron chi connectivity index (χ4n) is 2.57. The SMILES string of the molecule is NC(=O)NC(CC(=O)Nc1nc(-c2ccccc2OC(F)F)cs1)c1cccs1. The molecule has 0 aliphatic heterocycles. The van der Waals surface area contributed by atoms with Crippen molar-refractivity contribution in [2.75, 3.05) is 5.32 Å². The monoisotopic (exact) mass is 438 g/mol. The van der Waals surface area contributed by atoms with Crippen molar-refractivity contribution in [3.05, 3.63) is 52.0 Å². The molecule has 4 N–H and O–H groups in total. The van der Waals surface area contributed by atoms with Gasteiger partial charge in [-0.2, -0.15) is 8.78 Å². The van der Waals surface area contributed by atoms with Crippen LogP contribution < -0.4 is 21.1 Å². The number of thiophene rings is 1. The molecule has 0 radical (unpaired) electrons. The predicted octanol–water partition coefficient (Wildman–Crippen LogP) is 4.21. The molecule has 3 amide bonds. The molecule has 3 rings (SSSR count). The zero-order valence-electron chi connectivity index (χ0n) is 14.8. The Kier molecular flexibility index (Phi) is 6.73. The molecule has 29 heavy (non-hydrogen) atoms. The number of hydrogen-bond donors (Lipinski definition) is 3. The van der Waals surface area contributed by atoms with Gasteiger partial charge in [0.1, 0.15) is 5.75 Å². The molecule has 1 atom stereocenters. The zero-order chi connectivity index (χ0) is 20.8. The van der Waals surface area contributed by atoms with E-state index in [1.165, 1.54) is 17.4 Å². The van der Waals surface area contributed by atoms with E-state index < -0.39 is 18.7 Å². The molecule has 152 valence electrons. The molecule has 1 aromatic carbocycles. The second-order valence-electron chi connectivity index (χ2n) is 5.74. The Morgan fingerprint density at radius 3 is 2.66 bits per heavy atom. The number of amides is 3. The Balaban J connectivity index is 1.70. The van der Waals surface area contributed by atoms with Gasteiger partial charge in [-0.3, -0.25) is 4.79 Å². The molecule has 0 saturated carbocycles. The summed E-state index contributed by atoms with van der Waals surface area (Å²) in [4.78, 5) is 28.7. The highest BCUT2D eigenvalue weighted by molar-refractivity contribution is 7.14. The lowest BCUT2D eigenvalue weighted by Gasteiger charge is -2.15. The third-order valence-corrected chi connectivity index (χ3v) is 5.47. The molecule has 0 spiro atoms. The summed E-state index contributed by atoms with van der Waals surface area (Å²) < 4.78 is 29.7. The van der Waals surface area contributed by atoms with Crippen molar-refractivity contribution < 1.29 is 23.1 Å². The predicted molar refractivity (Wildman–Crippen MR) is 107 cm³/mol. The Morgan fingerprint density at radius 2 is 1.97 bits per heavy atom. The van der Waals surface area contributed by atoms with Crippen LogP contribution in [0.15, 0.2) is 47.2 Å². The van der Waals surface area contributed by atoms with Crippen LogP contribution in [0.25, 0.3) is 11.3 Å². The first-order valence-electron chi connectivity index (χ1n) is 8.31. The number of anilines is 1. The normalized spacial score (nSPS) is 11.8. The molecular formula is C18H16F2N4O3S2. The van der Waals surface area contributed by atoms with Crippen LogP contribution in [0, 0.1) is 0 Å². The number of nitrogens with one attached hydrogen (secondary N) is 2. The van der Waals surface area contributed by atoms with Crippen LogP contribution >= 0.6 is 22.7 Å². The summed E-state index contributed by atoms with van der Waals surface area (Å²) in [6.45, 7) is -2.96. The summed E-state index contributed by atoms with van der Waals surface area (Å²) in [6, 6.07) is 8.57. The van der Waals surface area contributed by atoms with Crippen LogP contribution in [0.2, 0.25) is 0 Å². The molecule has 0 fully saturated rings. The van der Waals surface area contributed by atoms with Gasteiger partial charge in [-0.1, -0.05) is 18.2 Å². The summed E-state index contributed by atoms with van der Waals surface area (Å²) in [6.07, 6.45) is -0.0382. The number of urea groups is 1. The number of nitrogens with two attached hydrogens (primary N) is 1. The van der Waals surface area contributed by atoms with Gasteiger partial charge in [0.15, 0.2) is 5.13 Å². The molecule has 7 nitrogen and oxygen atoms in total. The number of rotatable bonds is 8. The number of carbonyl (C=O) groups excluding carboxylic acids is 2. The van der Waals surface area contributed by atoms with Crippen LogP contribution in [0.3, 0.4) is 0 Å². The maximum Gasteiger partial charge on any atom is 0.387 e. The van der Waals surface area contributed by atoms with Crippen molar-refractivity contribution in [3.8, 4) is 17.0 Å². The van der Waals surface area contributed by atoms with E-state index in [0.29, 0.717) is 16.4 Å². The highest BCUT2D eigenvalue weighted by Gasteiger charge is 2.20. The number of para-hydroxylation sites is 1. The lowest BCUT2D eigenvalue weighted by Crippen LogP contribution is -2.34. The van der Waals surface area contributed by atoms with Crippen molar-refractivity contribution in [1.29, 1.82) is 0 Å².